The molecule has 2 atom stereocenters. The van der Waals surface area contributed by atoms with Crippen LogP contribution in [0.2, 0.25) is 0 Å². The van der Waals surface area contributed by atoms with Crippen molar-refractivity contribution in [3.8, 4) is 0 Å². The van der Waals surface area contributed by atoms with Crippen LogP contribution >= 0.6 is 0 Å². The zero-order valence-corrected chi connectivity index (χ0v) is 8.59. The number of rotatable bonds is 5. The molecule has 0 saturated heterocycles. The van der Waals surface area contributed by atoms with E-state index in [2.05, 4.69) is 5.73 Å². The molecule has 0 aromatic heterocycles. The van der Waals surface area contributed by atoms with Gasteiger partial charge in [0.15, 0.2) is 0 Å². The van der Waals surface area contributed by atoms with Crippen LogP contribution in [0.4, 0.5) is 0 Å². The molecular weight excluding hydrogens is 210 g/mol. The van der Waals surface area contributed by atoms with E-state index in [9.17, 15) is 19.8 Å². The number of carbonyl (C=O) groups is 2. The molecule has 0 fully saturated rings. The predicted octanol–water partition coefficient (Wildman–Crippen LogP) is -2.73. The number of hydrogen-bond acceptors (Lipinski definition) is 4. The minimum absolute atomic E-state index is 0.383. The van der Waals surface area contributed by atoms with Crippen LogP contribution in [0.5, 0.6) is 0 Å². The summed E-state index contributed by atoms with van der Waals surface area (Å²) in [4.78, 5) is 21.3. The van der Waals surface area contributed by atoms with E-state index in [0.29, 0.717) is 5.56 Å². The first kappa shape index (κ1) is 12.2. The summed E-state index contributed by atoms with van der Waals surface area (Å²) in [6.45, 7) is 0. The minimum atomic E-state index is -1.37. The summed E-state index contributed by atoms with van der Waals surface area (Å²) in [6.07, 6.45) is -0.383. The predicted molar refractivity (Wildman–Crippen MR) is 50.5 cm³/mol. The monoisotopic (exact) mass is 222 g/mol. The quantitative estimate of drug-likeness (QED) is 0.583. The van der Waals surface area contributed by atoms with Gasteiger partial charge in [-0.05, 0) is 12.0 Å². The summed E-state index contributed by atoms with van der Waals surface area (Å²) < 4.78 is 0. The number of quaternary nitrogens is 1. The largest absolute Gasteiger partial charge is 0.550 e. The van der Waals surface area contributed by atoms with Gasteiger partial charge in [0.1, 0.15) is 6.04 Å². The molecule has 0 aliphatic carbocycles. The Morgan fingerprint density at radius 1 is 1.19 bits per heavy atom. The Morgan fingerprint density at radius 2 is 1.75 bits per heavy atom. The first-order chi connectivity index (χ1) is 7.52. The first-order valence-corrected chi connectivity index (χ1v) is 4.81. The topological polar surface area (TPSA) is 108 Å². The van der Waals surface area contributed by atoms with E-state index in [1.54, 1.807) is 30.3 Å². The highest BCUT2D eigenvalue weighted by Gasteiger charge is 2.24. The van der Waals surface area contributed by atoms with Gasteiger partial charge >= 0.3 is 0 Å². The molecule has 1 aromatic rings. The maximum atomic E-state index is 10.7. The van der Waals surface area contributed by atoms with Crippen molar-refractivity contribution in [2.24, 2.45) is 0 Å². The van der Waals surface area contributed by atoms with E-state index in [4.69, 9.17) is 0 Å². The SMILES string of the molecule is [NH3+][C@H](C(=O)[O-])[C@@H](CC(=O)[O-])c1ccccc1. The summed E-state index contributed by atoms with van der Waals surface area (Å²) in [6, 6.07) is 7.39. The van der Waals surface area contributed by atoms with Crippen LogP contribution in [0.25, 0.3) is 0 Å². The summed E-state index contributed by atoms with van der Waals surface area (Å²) in [5.74, 6) is -3.39. The molecule has 16 heavy (non-hydrogen) atoms. The molecule has 0 saturated carbocycles. The van der Waals surface area contributed by atoms with E-state index in [1.165, 1.54) is 0 Å². The third kappa shape index (κ3) is 3.06. The highest BCUT2D eigenvalue weighted by Crippen LogP contribution is 2.20. The summed E-state index contributed by atoms with van der Waals surface area (Å²) in [7, 11) is 0. The molecule has 3 N–H and O–H groups in total. The zero-order chi connectivity index (χ0) is 12.1. The number of aliphatic carboxylic acids is 2. The molecule has 86 valence electrons. The lowest BCUT2D eigenvalue weighted by molar-refractivity contribution is -0.442. The van der Waals surface area contributed by atoms with Gasteiger partial charge in [-0.3, -0.25) is 0 Å². The average Bonchev–Trinajstić information content (AvgIpc) is 2.26. The van der Waals surface area contributed by atoms with Crippen molar-refractivity contribution < 1.29 is 25.5 Å². The molecule has 0 aliphatic rings. The molecule has 0 heterocycles. The van der Waals surface area contributed by atoms with Crippen LogP contribution in [-0.2, 0) is 9.59 Å². The van der Waals surface area contributed by atoms with Gasteiger partial charge in [0.25, 0.3) is 0 Å². The second kappa shape index (κ2) is 5.27. The van der Waals surface area contributed by atoms with Gasteiger partial charge < -0.3 is 25.5 Å². The third-order valence-corrected chi connectivity index (χ3v) is 2.40. The Bertz CT molecular complexity index is 377. The average molecular weight is 222 g/mol. The molecule has 0 spiro atoms. The van der Waals surface area contributed by atoms with E-state index < -0.39 is 23.9 Å². The van der Waals surface area contributed by atoms with E-state index >= 15 is 0 Å². The van der Waals surface area contributed by atoms with Crippen molar-refractivity contribution in [3.63, 3.8) is 0 Å². The zero-order valence-electron chi connectivity index (χ0n) is 8.59. The second-order valence-corrected chi connectivity index (χ2v) is 3.52. The molecule has 5 heteroatoms. The Morgan fingerprint density at radius 3 is 2.19 bits per heavy atom. The third-order valence-electron chi connectivity index (χ3n) is 2.40. The summed E-state index contributed by atoms with van der Waals surface area (Å²) in [5.41, 5.74) is 4.02. The van der Waals surface area contributed by atoms with E-state index in [0.717, 1.165) is 0 Å². The molecule has 0 amide bonds. The van der Waals surface area contributed by atoms with Crippen LogP contribution in [0.3, 0.4) is 0 Å². The fraction of sp³-hybridized carbons (Fsp3) is 0.273. The Balaban J connectivity index is 2.96. The van der Waals surface area contributed by atoms with Gasteiger partial charge in [0.2, 0.25) is 0 Å². The molecule has 0 aliphatic heterocycles. The van der Waals surface area contributed by atoms with Crippen molar-refractivity contribution in [2.75, 3.05) is 0 Å². The Kier molecular flexibility index (Phi) is 4.02. The summed E-state index contributed by atoms with van der Waals surface area (Å²) >= 11 is 0. The molecule has 0 radical (unpaired) electrons. The van der Waals surface area contributed by atoms with Crippen LogP contribution in [-0.4, -0.2) is 18.0 Å². The van der Waals surface area contributed by atoms with E-state index in [1.807, 2.05) is 0 Å². The van der Waals surface area contributed by atoms with Gasteiger partial charge in [-0.15, -0.1) is 0 Å². The van der Waals surface area contributed by atoms with Crippen molar-refractivity contribution in [1.29, 1.82) is 0 Å². The van der Waals surface area contributed by atoms with Gasteiger partial charge in [0.05, 0.1) is 5.97 Å². The number of carboxylic acid groups (broad SMARTS) is 2. The first-order valence-electron chi connectivity index (χ1n) is 4.81. The minimum Gasteiger partial charge on any atom is -0.550 e. The van der Waals surface area contributed by atoms with Crippen molar-refractivity contribution in [2.45, 2.75) is 18.4 Å². The van der Waals surface area contributed by atoms with Crippen molar-refractivity contribution in [1.82, 2.24) is 0 Å². The smallest absolute Gasteiger partial charge is 0.132 e. The highest BCUT2D eigenvalue weighted by molar-refractivity contribution is 5.73. The Hall–Kier alpha value is -1.88. The number of benzene rings is 1. The van der Waals surface area contributed by atoms with Gasteiger partial charge in [0, 0.05) is 11.9 Å². The normalized spacial score (nSPS) is 14.1. The van der Waals surface area contributed by atoms with Gasteiger partial charge in [-0.2, -0.15) is 0 Å². The lowest BCUT2D eigenvalue weighted by Gasteiger charge is -2.22. The van der Waals surface area contributed by atoms with Crippen molar-refractivity contribution in [3.05, 3.63) is 35.9 Å². The molecule has 0 unspecified atom stereocenters. The van der Waals surface area contributed by atoms with Gasteiger partial charge in [-0.25, -0.2) is 0 Å². The van der Waals surface area contributed by atoms with Crippen LogP contribution < -0.4 is 15.9 Å². The Labute approximate surface area is 92.5 Å². The van der Waals surface area contributed by atoms with E-state index in [-0.39, 0.29) is 6.42 Å². The molecular formula is C11H12NO4-. The fourth-order valence-corrected chi connectivity index (χ4v) is 1.54. The van der Waals surface area contributed by atoms with Crippen LogP contribution in [0.15, 0.2) is 30.3 Å². The standard InChI is InChI=1S/C11H13NO4/c12-10(11(15)16)8(6-9(13)14)7-4-2-1-3-5-7/h1-5,8,10H,6,12H2,(H,13,14)(H,15,16)/p-1/t8-,10-/m0/s1. The lowest BCUT2D eigenvalue weighted by Crippen LogP contribution is -2.71. The maximum absolute atomic E-state index is 10.7. The molecule has 1 rings (SSSR count). The highest BCUT2D eigenvalue weighted by atomic mass is 16.4. The second-order valence-electron chi connectivity index (χ2n) is 3.52. The number of carbonyl (C=O) groups excluding carboxylic acids is 2. The molecule has 0 bridgehead atoms. The number of carboxylic acids is 2. The van der Waals surface area contributed by atoms with Crippen LogP contribution in [0.1, 0.15) is 17.9 Å². The van der Waals surface area contributed by atoms with Crippen molar-refractivity contribution >= 4 is 11.9 Å². The maximum Gasteiger partial charge on any atom is 0.132 e. The van der Waals surface area contributed by atoms with Crippen LogP contribution in [0, 0.1) is 0 Å². The summed E-state index contributed by atoms with van der Waals surface area (Å²) in [5, 5.41) is 21.3. The van der Waals surface area contributed by atoms with Gasteiger partial charge in [-0.1, -0.05) is 30.3 Å². The molecule has 1 aromatic carbocycles. The lowest BCUT2D eigenvalue weighted by atomic mass is 9.89. The fourth-order valence-electron chi connectivity index (χ4n) is 1.54. The molecule has 5 nitrogen and oxygen atoms in total. The number of hydrogen-bond donors (Lipinski definition) is 1.